The van der Waals surface area contributed by atoms with Crippen LogP contribution in [0.25, 0.3) is 0 Å². The molecule has 144 valence electrons. The molecule has 1 saturated heterocycles. The summed E-state index contributed by atoms with van der Waals surface area (Å²) in [7, 11) is 1.87. The van der Waals surface area contributed by atoms with E-state index in [0.717, 1.165) is 24.4 Å². The van der Waals surface area contributed by atoms with Crippen LogP contribution in [0.1, 0.15) is 27.2 Å². The third-order valence-corrected chi connectivity index (χ3v) is 5.67. The summed E-state index contributed by atoms with van der Waals surface area (Å²) in [6.45, 7) is 8.05. The summed E-state index contributed by atoms with van der Waals surface area (Å²) >= 11 is 11.8. The first-order chi connectivity index (χ1) is 12.2. The van der Waals surface area contributed by atoms with E-state index in [2.05, 4.69) is 19.2 Å². The van der Waals surface area contributed by atoms with Crippen molar-refractivity contribution in [3.05, 3.63) is 28.2 Å². The van der Waals surface area contributed by atoms with Crippen molar-refractivity contribution < 1.29 is 14.5 Å². The Morgan fingerprint density at radius 1 is 1.23 bits per heavy atom. The van der Waals surface area contributed by atoms with Crippen LogP contribution >= 0.6 is 23.2 Å². The fourth-order valence-corrected chi connectivity index (χ4v) is 3.81. The van der Waals surface area contributed by atoms with Gasteiger partial charge in [0.15, 0.2) is 12.6 Å². The predicted molar refractivity (Wildman–Crippen MR) is 106 cm³/mol. The minimum atomic E-state index is -0.271. The maximum atomic E-state index is 12.8. The molecular weight excluding hydrogens is 373 g/mol. The zero-order valence-corrected chi connectivity index (χ0v) is 17.3. The van der Waals surface area contributed by atoms with Crippen molar-refractivity contribution in [2.45, 2.75) is 33.2 Å². The number of halogens is 2. The lowest BCUT2D eigenvalue weighted by molar-refractivity contribution is -0.886. The Balaban J connectivity index is 1.90. The molecule has 2 rings (SSSR count). The van der Waals surface area contributed by atoms with Gasteiger partial charge in [-0.2, -0.15) is 0 Å². The molecule has 2 N–H and O–H groups in total. The minimum absolute atomic E-state index is 0.114. The Kier molecular flexibility index (Phi) is 7.33. The second-order valence-corrected chi connectivity index (χ2v) is 8.43. The van der Waals surface area contributed by atoms with Crippen LogP contribution < -0.4 is 10.2 Å². The first-order valence-corrected chi connectivity index (χ1v) is 9.79. The number of likely N-dealkylation sites (N-methyl/N-ethyl adjacent to an activating group) is 1. The normalized spacial score (nSPS) is 22.6. The van der Waals surface area contributed by atoms with Crippen LogP contribution in [-0.2, 0) is 9.59 Å². The predicted octanol–water partition coefficient (Wildman–Crippen LogP) is 2.34. The van der Waals surface area contributed by atoms with Gasteiger partial charge in [-0.1, -0.05) is 37.0 Å². The summed E-state index contributed by atoms with van der Waals surface area (Å²) < 4.78 is 0. The van der Waals surface area contributed by atoms with Crippen molar-refractivity contribution in [2.24, 2.45) is 11.8 Å². The van der Waals surface area contributed by atoms with Crippen LogP contribution in [0, 0.1) is 11.8 Å². The first kappa shape index (κ1) is 21.0. The number of anilines is 1. The molecule has 1 aromatic rings. The quantitative estimate of drug-likeness (QED) is 0.796. The summed E-state index contributed by atoms with van der Waals surface area (Å²) in [5, 5.41) is 3.63. The van der Waals surface area contributed by atoms with Crippen LogP contribution in [0.3, 0.4) is 0 Å². The minimum Gasteiger partial charge on any atom is -0.337 e. The van der Waals surface area contributed by atoms with Crippen molar-refractivity contribution in [1.29, 1.82) is 0 Å². The maximum Gasteiger partial charge on any atom is 0.280 e. The van der Waals surface area contributed by atoms with E-state index in [1.165, 1.54) is 0 Å². The highest BCUT2D eigenvalue weighted by molar-refractivity contribution is 6.42. The molecule has 7 heteroatoms. The monoisotopic (exact) mass is 400 g/mol. The third-order valence-electron chi connectivity index (χ3n) is 4.93. The Hall–Kier alpha value is -1.30. The summed E-state index contributed by atoms with van der Waals surface area (Å²) in [4.78, 5) is 27.9. The van der Waals surface area contributed by atoms with Gasteiger partial charge in [-0.3, -0.25) is 9.59 Å². The zero-order valence-electron chi connectivity index (χ0n) is 15.8. The second-order valence-electron chi connectivity index (χ2n) is 7.61. The van der Waals surface area contributed by atoms with Gasteiger partial charge in [-0.15, -0.1) is 0 Å². The zero-order chi connectivity index (χ0) is 19.4. The molecule has 4 atom stereocenters. The molecule has 1 unspecified atom stereocenters. The van der Waals surface area contributed by atoms with Crippen molar-refractivity contribution in [3.8, 4) is 0 Å². The topological polar surface area (TPSA) is 53.9 Å². The highest BCUT2D eigenvalue weighted by atomic mass is 35.5. The summed E-state index contributed by atoms with van der Waals surface area (Å²) in [6.07, 6.45) is 1.16. The number of benzene rings is 1. The summed E-state index contributed by atoms with van der Waals surface area (Å²) in [6, 6.07) is 4.68. The van der Waals surface area contributed by atoms with E-state index < -0.39 is 0 Å². The molecule has 0 radical (unpaired) electrons. The van der Waals surface area contributed by atoms with Gasteiger partial charge in [0.2, 0.25) is 0 Å². The van der Waals surface area contributed by atoms with Gasteiger partial charge in [-0.05, 0) is 43.4 Å². The van der Waals surface area contributed by atoms with Crippen LogP contribution in [0.2, 0.25) is 10.0 Å². The number of hydrogen-bond donors (Lipinski definition) is 2. The number of likely N-dealkylation sites (tertiary alicyclic amines) is 1. The van der Waals surface area contributed by atoms with Crippen LogP contribution in [0.15, 0.2) is 18.2 Å². The number of hydrogen-bond acceptors (Lipinski definition) is 2. The highest BCUT2D eigenvalue weighted by Gasteiger charge is 2.32. The van der Waals surface area contributed by atoms with Crippen LogP contribution in [-0.4, -0.2) is 49.4 Å². The first-order valence-electron chi connectivity index (χ1n) is 9.03. The Bertz CT molecular complexity index is 658. The van der Waals surface area contributed by atoms with Crippen molar-refractivity contribution in [1.82, 2.24) is 4.90 Å². The van der Waals surface area contributed by atoms with E-state index in [4.69, 9.17) is 23.2 Å². The van der Waals surface area contributed by atoms with Gasteiger partial charge >= 0.3 is 0 Å². The van der Waals surface area contributed by atoms with E-state index in [1.54, 1.807) is 18.2 Å². The number of amides is 2. The molecule has 1 aliphatic heterocycles. The van der Waals surface area contributed by atoms with E-state index in [9.17, 15) is 9.59 Å². The lowest BCUT2D eigenvalue weighted by atomic mass is 9.91. The van der Waals surface area contributed by atoms with E-state index in [-0.39, 0.29) is 24.4 Å². The van der Waals surface area contributed by atoms with Gasteiger partial charge in [0.25, 0.3) is 11.8 Å². The number of nitrogens with one attached hydrogen (secondary N) is 2. The lowest BCUT2D eigenvalue weighted by Gasteiger charge is -2.36. The molecule has 5 nitrogen and oxygen atoms in total. The molecule has 0 saturated carbocycles. The van der Waals surface area contributed by atoms with E-state index in [1.807, 2.05) is 18.9 Å². The molecule has 26 heavy (non-hydrogen) atoms. The van der Waals surface area contributed by atoms with Gasteiger partial charge in [-0.25, -0.2) is 0 Å². The average Bonchev–Trinajstić information content (AvgIpc) is 2.55. The van der Waals surface area contributed by atoms with Gasteiger partial charge in [0, 0.05) is 18.8 Å². The molecule has 0 aliphatic carbocycles. The number of carbonyl (C=O) groups excluding carboxylic acids is 2. The number of nitrogens with zero attached hydrogens (tertiary/aromatic N) is 1. The summed E-state index contributed by atoms with van der Waals surface area (Å²) in [5.74, 6) is 0.991. The van der Waals surface area contributed by atoms with Gasteiger partial charge < -0.3 is 15.1 Å². The Labute approximate surface area is 165 Å². The fourth-order valence-electron chi connectivity index (χ4n) is 3.51. The molecule has 0 spiro atoms. The van der Waals surface area contributed by atoms with Crippen LogP contribution in [0.4, 0.5) is 5.69 Å². The van der Waals surface area contributed by atoms with Crippen molar-refractivity contribution in [3.63, 3.8) is 0 Å². The van der Waals surface area contributed by atoms with Gasteiger partial charge in [0.05, 0.1) is 17.1 Å². The molecule has 1 fully saturated rings. The van der Waals surface area contributed by atoms with Crippen molar-refractivity contribution in [2.75, 3.05) is 32.0 Å². The molecule has 0 bridgehead atoms. The molecule has 2 amide bonds. The summed E-state index contributed by atoms with van der Waals surface area (Å²) in [5.41, 5.74) is 0.592. The largest absolute Gasteiger partial charge is 0.337 e. The number of quaternary nitrogens is 1. The number of carbonyl (C=O) groups is 2. The molecule has 1 heterocycles. The van der Waals surface area contributed by atoms with E-state index >= 15 is 0 Å². The number of piperidine rings is 1. The van der Waals surface area contributed by atoms with Gasteiger partial charge in [0.1, 0.15) is 0 Å². The fraction of sp³-hybridized carbons (Fsp3) is 0.579. The third kappa shape index (κ3) is 5.60. The molecule has 0 aromatic heterocycles. The van der Waals surface area contributed by atoms with E-state index in [0.29, 0.717) is 27.6 Å². The number of rotatable bonds is 5. The maximum absolute atomic E-state index is 12.8. The lowest BCUT2D eigenvalue weighted by Crippen LogP contribution is -3.15. The average molecular weight is 401 g/mol. The SMILES string of the molecule is C[C@@H]1C[C@@H](C)CN(C(=O)[C@@H](C)[NH+](C)CC(=O)Nc2ccc(Cl)c(Cl)c2)C1. The molecule has 1 aliphatic rings. The Morgan fingerprint density at radius 2 is 1.85 bits per heavy atom. The van der Waals surface area contributed by atoms with Crippen molar-refractivity contribution >= 4 is 40.7 Å². The second kappa shape index (κ2) is 9.07. The van der Waals surface area contributed by atoms with Crippen LogP contribution in [0.5, 0.6) is 0 Å². The molecule has 1 aromatic carbocycles. The molecular formula is C19H28Cl2N3O2+. The smallest absolute Gasteiger partial charge is 0.280 e. The highest BCUT2D eigenvalue weighted by Crippen LogP contribution is 2.25. The standard InChI is InChI=1S/C19H27Cl2N3O2/c1-12-7-13(2)10-24(9-12)19(26)14(3)23(4)11-18(25)22-15-5-6-16(20)17(21)8-15/h5-6,8,12-14H,7,9-11H2,1-4H3,(H,22,25)/p+1/t12-,13-,14-/m1/s1. The Morgan fingerprint density at radius 3 is 2.42 bits per heavy atom.